The third kappa shape index (κ3) is 1.98. The molecule has 2 aliphatic heterocycles. The number of fused-ring (bicyclic) bond motifs is 1. The predicted molar refractivity (Wildman–Crippen MR) is 99.6 cm³/mol. The van der Waals surface area contributed by atoms with Crippen LogP contribution in [0.3, 0.4) is 0 Å². The second kappa shape index (κ2) is 5.48. The van der Waals surface area contributed by atoms with Crippen molar-refractivity contribution in [1.29, 1.82) is 0 Å². The molecule has 0 radical (unpaired) electrons. The van der Waals surface area contributed by atoms with E-state index in [0.717, 1.165) is 38.0 Å². The number of benzene rings is 1. The SMILES string of the molecule is COc1ccc2c(c1)C13CCNC(C2)C12CCC1C3[C@@H](CN1C(=O)C(F)(F)F)C2. The van der Waals surface area contributed by atoms with Gasteiger partial charge in [-0.3, -0.25) is 4.79 Å². The number of rotatable bonds is 1. The standard InChI is InChI=1S/C22H25F3N2O2/c1-29-14-3-2-12-8-17-20-5-4-16-18(21(20,6-7-26-17)15(12)9-14)13(10-20)11-27(16)19(28)22(23,24)25/h2-3,9,13,16-18,26H,4-8,10-11H2,1H3/t13-,16?,17?,18?,20?,21?/m1/s1. The zero-order valence-electron chi connectivity index (χ0n) is 16.4. The Kier molecular flexibility index (Phi) is 3.41. The van der Waals surface area contributed by atoms with Gasteiger partial charge < -0.3 is 15.0 Å². The normalized spacial score (nSPS) is 41.7. The summed E-state index contributed by atoms with van der Waals surface area (Å²) in [7, 11) is 1.66. The molecule has 2 saturated carbocycles. The van der Waals surface area contributed by atoms with Crippen LogP contribution in [-0.4, -0.2) is 49.3 Å². The number of carbonyl (C=O) groups is 1. The monoisotopic (exact) mass is 406 g/mol. The molecular formula is C22H25F3N2O2. The first kappa shape index (κ1) is 18.0. The number of ether oxygens (including phenoxy) is 1. The molecule has 5 aliphatic rings. The fourth-order valence-electron chi connectivity index (χ4n) is 8.40. The largest absolute Gasteiger partial charge is 0.497 e. The number of piperidine rings is 1. The maximum Gasteiger partial charge on any atom is 0.471 e. The maximum absolute atomic E-state index is 13.3. The molecule has 5 unspecified atom stereocenters. The Balaban J connectivity index is 1.53. The van der Waals surface area contributed by atoms with Crippen molar-refractivity contribution in [3.63, 3.8) is 0 Å². The van der Waals surface area contributed by atoms with Crippen LogP contribution >= 0.6 is 0 Å². The van der Waals surface area contributed by atoms with Crippen LogP contribution in [0.15, 0.2) is 18.2 Å². The van der Waals surface area contributed by atoms with Crippen LogP contribution in [0.25, 0.3) is 0 Å². The summed E-state index contributed by atoms with van der Waals surface area (Å²) in [5.41, 5.74) is 2.51. The van der Waals surface area contributed by atoms with Gasteiger partial charge in [-0.25, -0.2) is 0 Å². The van der Waals surface area contributed by atoms with Crippen molar-refractivity contribution >= 4 is 5.91 Å². The summed E-state index contributed by atoms with van der Waals surface area (Å²) in [4.78, 5) is 13.4. The van der Waals surface area contributed by atoms with Gasteiger partial charge in [0, 0.05) is 24.0 Å². The van der Waals surface area contributed by atoms with Crippen molar-refractivity contribution in [2.75, 3.05) is 20.2 Å². The van der Waals surface area contributed by atoms with Gasteiger partial charge in [-0.15, -0.1) is 0 Å². The quantitative estimate of drug-likeness (QED) is 0.780. The minimum Gasteiger partial charge on any atom is -0.497 e. The number of hydrogen-bond acceptors (Lipinski definition) is 3. The van der Waals surface area contributed by atoms with Crippen molar-refractivity contribution in [2.24, 2.45) is 17.3 Å². The molecule has 2 heterocycles. The molecule has 1 N–H and O–H groups in total. The highest BCUT2D eigenvalue weighted by atomic mass is 19.4. The van der Waals surface area contributed by atoms with Gasteiger partial charge >= 0.3 is 12.1 Å². The lowest BCUT2D eigenvalue weighted by atomic mass is 9.44. The number of carbonyl (C=O) groups excluding carboxylic acids is 1. The molecule has 6 rings (SSSR count). The second-order valence-corrected chi connectivity index (χ2v) is 9.66. The van der Waals surface area contributed by atoms with Crippen LogP contribution in [-0.2, 0) is 16.6 Å². The number of amides is 1. The number of nitrogens with zero attached hydrogens (tertiary/aromatic N) is 1. The number of alkyl halides is 3. The molecule has 1 aromatic carbocycles. The zero-order chi connectivity index (χ0) is 20.2. The fraction of sp³-hybridized carbons (Fsp3) is 0.682. The molecule has 6 atom stereocenters. The van der Waals surface area contributed by atoms with Crippen LogP contribution in [0.4, 0.5) is 13.2 Å². The molecule has 2 saturated heterocycles. The van der Waals surface area contributed by atoms with Crippen LogP contribution in [0.1, 0.15) is 36.8 Å². The molecule has 0 aromatic heterocycles. The van der Waals surface area contributed by atoms with E-state index < -0.39 is 12.1 Å². The van der Waals surface area contributed by atoms with Crippen molar-refractivity contribution < 1.29 is 22.7 Å². The number of methoxy groups -OCH3 is 1. The highest BCUT2D eigenvalue weighted by molar-refractivity contribution is 5.82. The topological polar surface area (TPSA) is 41.6 Å². The van der Waals surface area contributed by atoms with E-state index in [9.17, 15) is 18.0 Å². The van der Waals surface area contributed by atoms with Crippen molar-refractivity contribution in [3.8, 4) is 5.75 Å². The molecule has 0 spiro atoms. The molecule has 4 fully saturated rings. The van der Waals surface area contributed by atoms with Gasteiger partial charge in [0.1, 0.15) is 5.75 Å². The van der Waals surface area contributed by atoms with E-state index in [2.05, 4.69) is 17.4 Å². The van der Waals surface area contributed by atoms with E-state index in [0.29, 0.717) is 12.5 Å². The molecule has 1 aromatic rings. The number of nitrogens with one attached hydrogen (secondary N) is 1. The summed E-state index contributed by atoms with van der Waals surface area (Å²) in [5.74, 6) is -0.578. The Labute approximate surface area is 167 Å². The van der Waals surface area contributed by atoms with Gasteiger partial charge in [0.2, 0.25) is 0 Å². The van der Waals surface area contributed by atoms with E-state index in [1.165, 1.54) is 16.0 Å². The Morgan fingerprint density at radius 2 is 2.14 bits per heavy atom. The lowest BCUT2D eigenvalue weighted by Gasteiger charge is -2.64. The van der Waals surface area contributed by atoms with Crippen LogP contribution in [0.2, 0.25) is 0 Å². The maximum atomic E-state index is 13.3. The average Bonchev–Trinajstić information content (AvgIpc) is 3.12. The van der Waals surface area contributed by atoms with Crippen LogP contribution in [0, 0.1) is 17.3 Å². The van der Waals surface area contributed by atoms with Gasteiger partial charge in [-0.1, -0.05) is 6.07 Å². The summed E-state index contributed by atoms with van der Waals surface area (Å²) in [6.07, 6.45) is -0.409. The third-order valence-electron chi connectivity index (χ3n) is 9.03. The van der Waals surface area contributed by atoms with E-state index in [1.54, 1.807) is 7.11 Å². The smallest absolute Gasteiger partial charge is 0.471 e. The Bertz CT molecular complexity index is 903. The minimum absolute atomic E-state index is 0.0871. The molecule has 1 amide bonds. The van der Waals surface area contributed by atoms with E-state index >= 15 is 0 Å². The number of likely N-dealkylation sites (tertiary alicyclic amines) is 1. The zero-order valence-corrected chi connectivity index (χ0v) is 16.4. The summed E-state index contributed by atoms with van der Waals surface area (Å²) in [6.45, 7) is 1.13. The predicted octanol–water partition coefficient (Wildman–Crippen LogP) is 3.04. The van der Waals surface area contributed by atoms with Gasteiger partial charge in [0.15, 0.2) is 0 Å². The van der Waals surface area contributed by atoms with E-state index in [-0.39, 0.29) is 35.3 Å². The second-order valence-electron chi connectivity index (χ2n) is 9.66. The Morgan fingerprint density at radius 1 is 1.31 bits per heavy atom. The molecule has 7 heteroatoms. The van der Waals surface area contributed by atoms with Crippen LogP contribution < -0.4 is 10.1 Å². The molecule has 4 bridgehead atoms. The van der Waals surface area contributed by atoms with E-state index in [1.807, 2.05) is 6.07 Å². The molecular weight excluding hydrogens is 381 g/mol. The molecule has 29 heavy (non-hydrogen) atoms. The number of halogens is 3. The first-order valence-corrected chi connectivity index (χ1v) is 10.6. The van der Waals surface area contributed by atoms with Crippen molar-refractivity contribution in [2.45, 2.75) is 55.8 Å². The van der Waals surface area contributed by atoms with Gasteiger partial charge in [0.05, 0.1) is 7.11 Å². The van der Waals surface area contributed by atoms with E-state index in [4.69, 9.17) is 4.74 Å². The fourth-order valence-corrected chi connectivity index (χ4v) is 8.40. The Morgan fingerprint density at radius 3 is 2.90 bits per heavy atom. The minimum atomic E-state index is -4.80. The van der Waals surface area contributed by atoms with Gasteiger partial charge in [-0.2, -0.15) is 13.2 Å². The van der Waals surface area contributed by atoms with Crippen molar-refractivity contribution in [1.82, 2.24) is 10.2 Å². The first-order valence-electron chi connectivity index (χ1n) is 10.6. The third-order valence-corrected chi connectivity index (χ3v) is 9.03. The summed E-state index contributed by atoms with van der Waals surface area (Å²) < 4.78 is 45.4. The number of hydrogen-bond donors (Lipinski definition) is 1. The molecule has 3 aliphatic carbocycles. The molecule has 156 valence electrons. The van der Waals surface area contributed by atoms with Gasteiger partial charge in [-0.05, 0) is 79.2 Å². The summed E-state index contributed by atoms with van der Waals surface area (Å²) in [6, 6.07) is 6.33. The Hall–Kier alpha value is -1.76. The lowest BCUT2D eigenvalue weighted by Crippen LogP contribution is -2.69. The van der Waals surface area contributed by atoms with Gasteiger partial charge in [0.25, 0.3) is 0 Å². The highest BCUT2D eigenvalue weighted by Gasteiger charge is 2.76. The highest BCUT2D eigenvalue weighted by Crippen LogP contribution is 2.74. The molecule has 4 nitrogen and oxygen atoms in total. The van der Waals surface area contributed by atoms with Crippen LogP contribution in [0.5, 0.6) is 5.75 Å². The lowest BCUT2D eigenvalue weighted by molar-refractivity contribution is -0.189. The average molecular weight is 406 g/mol. The summed E-state index contributed by atoms with van der Waals surface area (Å²) in [5, 5.41) is 3.76. The summed E-state index contributed by atoms with van der Waals surface area (Å²) >= 11 is 0. The van der Waals surface area contributed by atoms with Crippen molar-refractivity contribution in [3.05, 3.63) is 29.3 Å². The first-order chi connectivity index (χ1) is 13.8.